The maximum Gasteiger partial charge on any atom is 0.228 e. The van der Waals surface area contributed by atoms with Gasteiger partial charge in [0.25, 0.3) is 0 Å². The van der Waals surface area contributed by atoms with E-state index in [-0.39, 0.29) is 0 Å². The predicted molar refractivity (Wildman–Crippen MR) is 71.7 cm³/mol. The molecule has 4 nitrogen and oxygen atoms in total. The van der Waals surface area contributed by atoms with Crippen LogP contribution in [0.1, 0.15) is 21.6 Å². The molecule has 0 amide bonds. The highest BCUT2D eigenvalue weighted by Gasteiger charge is 2.13. The Bertz CT molecular complexity index is 567. The summed E-state index contributed by atoms with van der Waals surface area (Å²) in [6, 6.07) is 11.4. The van der Waals surface area contributed by atoms with E-state index < -0.39 is 0 Å². The fourth-order valence-electron chi connectivity index (χ4n) is 1.74. The van der Waals surface area contributed by atoms with Crippen molar-refractivity contribution in [1.82, 2.24) is 4.98 Å². The van der Waals surface area contributed by atoms with E-state index in [1.54, 1.807) is 6.07 Å². The average molecular weight is 257 g/mol. The molecule has 4 heteroatoms. The molecule has 1 aromatic heterocycles. The highest BCUT2D eigenvalue weighted by Crippen LogP contribution is 2.26. The standard InChI is InChI=1S/C15H15NO3/c1-11-8-14(18-2)13(9-17)15(16-11)19-10-12-6-4-3-5-7-12/h3-9H,10H2,1-2H3. The van der Waals surface area contributed by atoms with E-state index in [4.69, 9.17) is 9.47 Å². The molecule has 0 aliphatic heterocycles. The highest BCUT2D eigenvalue weighted by atomic mass is 16.5. The third-order valence-corrected chi connectivity index (χ3v) is 2.67. The normalized spacial score (nSPS) is 10.0. The van der Waals surface area contributed by atoms with Crippen molar-refractivity contribution in [3.63, 3.8) is 0 Å². The largest absolute Gasteiger partial charge is 0.496 e. The molecule has 0 fully saturated rings. The average Bonchev–Trinajstić information content (AvgIpc) is 2.45. The molecule has 2 aromatic rings. The van der Waals surface area contributed by atoms with Crippen molar-refractivity contribution in [2.24, 2.45) is 0 Å². The first-order chi connectivity index (χ1) is 9.24. The quantitative estimate of drug-likeness (QED) is 0.773. The van der Waals surface area contributed by atoms with Crippen LogP contribution in [-0.4, -0.2) is 18.4 Å². The summed E-state index contributed by atoms with van der Waals surface area (Å²) in [5.41, 5.74) is 2.09. The van der Waals surface area contributed by atoms with Crippen molar-refractivity contribution in [3.8, 4) is 11.6 Å². The monoisotopic (exact) mass is 257 g/mol. The van der Waals surface area contributed by atoms with Crippen LogP contribution < -0.4 is 9.47 Å². The van der Waals surface area contributed by atoms with E-state index in [1.807, 2.05) is 37.3 Å². The molecule has 1 aromatic carbocycles. The Balaban J connectivity index is 2.24. The molecule has 19 heavy (non-hydrogen) atoms. The maximum absolute atomic E-state index is 11.1. The zero-order valence-electron chi connectivity index (χ0n) is 10.9. The van der Waals surface area contributed by atoms with Crippen LogP contribution in [0.25, 0.3) is 0 Å². The third-order valence-electron chi connectivity index (χ3n) is 2.67. The molecule has 0 saturated heterocycles. The Labute approximate surface area is 112 Å². The SMILES string of the molecule is COc1cc(C)nc(OCc2ccccc2)c1C=O. The summed E-state index contributed by atoms with van der Waals surface area (Å²) >= 11 is 0. The van der Waals surface area contributed by atoms with Crippen LogP contribution in [0.15, 0.2) is 36.4 Å². The number of carbonyl (C=O) groups is 1. The molecule has 1 heterocycles. The molecule has 98 valence electrons. The molecule has 0 saturated carbocycles. The minimum Gasteiger partial charge on any atom is -0.496 e. The minimum absolute atomic E-state index is 0.302. The first kappa shape index (κ1) is 13.1. The summed E-state index contributed by atoms with van der Waals surface area (Å²) in [6.07, 6.45) is 0.700. The van der Waals surface area contributed by atoms with E-state index in [0.717, 1.165) is 11.3 Å². The van der Waals surface area contributed by atoms with Crippen molar-refractivity contribution < 1.29 is 14.3 Å². The summed E-state index contributed by atoms with van der Waals surface area (Å²) in [4.78, 5) is 15.4. The van der Waals surface area contributed by atoms with Crippen LogP contribution in [0.4, 0.5) is 0 Å². The molecule has 0 unspecified atom stereocenters. The van der Waals surface area contributed by atoms with Crippen LogP contribution in [0.5, 0.6) is 11.6 Å². The fraction of sp³-hybridized carbons (Fsp3) is 0.200. The number of benzene rings is 1. The summed E-state index contributed by atoms with van der Waals surface area (Å²) < 4.78 is 10.8. The molecular formula is C15H15NO3. The van der Waals surface area contributed by atoms with Crippen LogP contribution in [0.2, 0.25) is 0 Å². The first-order valence-electron chi connectivity index (χ1n) is 5.92. The Kier molecular flexibility index (Phi) is 4.13. The van der Waals surface area contributed by atoms with E-state index in [0.29, 0.717) is 30.1 Å². The number of aldehydes is 1. The lowest BCUT2D eigenvalue weighted by molar-refractivity contribution is 0.111. The van der Waals surface area contributed by atoms with E-state index in [1.165, 1.54) is 7.11 Å². The zero-order chi connectivity index (χ0) is 13.7. The van der Waals surface area contributed by atoms with Gasteiger partial charge in [0.15, 0.2) is 6.29 Å². The number of aryl methyl sites for hydroxylation is 1. The molecular weight excluding hydrogens is 242 g/mol. The summed E-state index contributed by atoms with van der Waals surface area (Å²) in [6.45, 7) is 2.19. The molecule has 0 spiro atoms. The van der Waals surface area contributed by atoms with Gasteiger partial charge in [-0.2, -0.15) is 0 Å². The molecule has 0 aliphatic carbocycles. The Hall–Kier alpha value is -2.36. The van der Waals surface area contributed by atoms with Crippen molar-refractivity contribution in [3.05, 3.63) is 53.2 Å². The predicted octanol–water partition coefficient (Wildman–Crippen LogP) is 2.79. The molecule has 0 atom stereocenters. The Morgan fingerprint density at radius 1 is 1.26 bits per heavy atom. The van der Waals surface area contributed by atoms with Gasteiger partial charge in [-0.3, -0.25) is 4.79 Å². The summed E-state index contributed by atoms with van der Waals surface area (Å²) in [5.74, 6) is 0.779. The number of rotatable bonds is 5. The summed E-state index contributed by atoms with van der Waals surface area (Å²) in [5, 5.41) is 0. The van der Waals surface area contributed by atoms with Gasteiger partial charge < -0.3 is 9.47 Å². The number of ether oxygens (including phenoxy) is 2. The number of nitrogens with zero attached hydrogens (tertiary/aromatic N) is 1. The first-order valence-corrected chi connectivity index (χ1v) is 5.92. The number of hydrogen-bond acceptors (Lipinski definition) is 4. The minimum atomic E-state index is 0.302. The van der Waals surface area contributed by atoms with Crippen LogP contribution in [-0.2, 0) is 6.61 Å². The van der Waals surface area contributed by atoms with Crippen LogP contribution in [0.3, 0.4) is 0 Å². The van der Waals surface area contributed by atoms with E-state index >= 15 is 0 Å². The number of hydrogen-bond donors (Lipinski definition) is 0. The van der Waals surface area contributed by atoms with Crippen molar-refractivity contribution in [1.29, 1.82) is 0 Å². The van der Waals surface area contributed by atoms with E-state index in [2.05, 4.69) is 4.98 Å². The molecule has 2 rings (SSSR count). The lowest BCUT2D eigenvalue weighted by atomic mass is 10.2. The van der Waals surface area contributed by atoms with Crippen molar-refractivity contribution in [2.75, 3.05) is 7.11 Å². The summed E-state index contributed by atoms with van der Waals surface area (Å²) in [7, 11) is 1.52. The topological polar surface area (TPSA) is 48.4 Å². The second-order valence-corrected chi connectivity index (χ2v) is 4.08. The lowest BCUT2D eigenvalue weighted by Crippen LogP contribution is -2.03. The second kappa shape index (κ2) is 6.00. The molecule has 0 aliphatic rings. The number of aromatic nitrogens is 1. The van der Waals surface area contributed by atoms with Crippen LogP contribution >= 0.6 is 0 Å². The van der Waals surface area contributed by atoms with Gasteiger partial charge in [-0.1, -0.05) is 30.3 Å². The second-order valence-electron chi connectivity index (χ2n) is 4.08. The molecule has 0 bridgehead atoms. The van der Waals surface area contributed by atoms with Gasteiger partial charge in [-0.05, 0) is 12.5 Å². The van der Waals surface area contributed by atoms with Crippen molar-refractivity contribution >= 4 is 6.29 Å². The van der Waals surface area contributed by atoms with Gasteiger partial charge in [0.05, 0.1) is 7.11 Å². The fourth-order valence-corrected chi connectivity index (χ4v) is 1.74. The van der Waals surface area contributed by atoms with Crippen LogP contribution in [0, 0.1) is 6.92 Å². The number of carbonyl (C=O) groups excluding carboxylic acids is 1. The Morgan fingerprint density at radius 2 is 2.00 bits per heavy atom. The van der Waals surface area contributed by atoms with Gasteiger partial charge >= 0.3 is 0 Å². The number of methoxy groups -OCH3 is 1. The molecule has 0 radical (unpaired) electrons. The van der Waals surface area contributed by atoms with E-state index in [9.17, 15) is 4.79 Å². The van der Waals surface area contributed by atoms with Gasteiger partial charge in [0.2, 0.25) is 5.88 Å². The Morgan fingerprint density at radius 3 is 2.63 bits per heavy atom. The maximum atomic E-state index is 11.1. The smallest absolute Gasteiger partial charge is 0.228 e. The lowest BCUT2D eigenvalue weighted by Gasteiger charge is -2.11. The van der Waals surface area contributed by atoms with Crippen molar-refractivity contribution in [2.45, 2.75) is 13.5 Å². The van der Waals surface area contributed by atoms with Gasteiger partial charge in [0, 0.05) is 11.8 Å². The number of pyridine rings is 1. The van der Waals surface area contributed by atoms with Gasteiger partial charge in [-0.15, -0.1) is 0 Å². The third kappa shape index (κ3) is 3.10. The zero-order valence-corrected chi connectivity index (χ0v) is 10.9. The highest BCUT2D eigenvalue weighted by molar-refractivity contribution is 5.82. The molecule has 0 N–H and O–H groups in total. The van der Waals surface area contributed by atoms with Gasteiger partial charge in [0.1, 0.15) is 17.9 Å². The van der Waals surface area contributed by atoms with Gasteiger partial charge in [-0.25, -0.2) is 4.98 Å².